The van der Waals surface area contributed by atoms with Gasteiger partial charge in [0.1, 0.15) is 0 Å². The largest absolute Gasteiger partial charge is 0.503 e. The number of Topliss-reactive ketones (excluding diaryl/α,β-unsaturated/α-hetero) is 1. The van der Waals surface area contributed by atoms with E-state index in [1.54, 1.807) is 0 Å². The molecule has 0 heterocycles. The van der Waals surface area contributed by atoms with Gasteiger partial charge in [-0.25, -0.2) is 8.78 Å². The molecule has 1 aromatic carbocycles. The minimum absolute atomic E-state index is 0.0175. The summed E-state index contributed by atoms with van der Waals surface area (Å²) in [7, 11) is 0. The Morgan fingerprint density at radius 3 is 2.29 bits per heavy atom. The molecule has 0 radical (unpaired) electrons. The zero-order valence-electron chi connectivity index (χ0n) is 7.26. The average Bonchev–Trinajstić information content (AvgIpc) is 2.13. The Balaban J connectivity index is 3.06. The highest BCUT2D eigenvalue weighted by Gasteiger charge is 2.13. The van der Waals surface area contributed by atoms with E-state index in [9.17, 15) is 13.6 Å². The van der Waals surface area contributed by atoms with Gasteiger partial charge in [-0.05, 0) is 18.7 Å². The Bertz CT molecular complexity index is 343. The van der Waals surface area contributed by atoms with Crippen LogP contribution in [0.15, 0.2) is 12.1 Å². The number of hydrogen-bond donors (Lipinski definition) is 2. The Hall–Kier alpha value is -1.49. The molecule has 3 N–H and O–H groups in total. The first-order chi connectivity index (χ1) is 6.56. The van der Waals surface area contributed by atoms with Crippen LogP contribution in [0.1, 0.15) is 16.8 Å². The highest BCUT2D eigenvalue weighted by atomic mass is 19.1. The number of carbonyl (C=O) groups is 1. The summed E-state index contributed by atoms with van der Waals surface area (Å²) in [5, 5.41) is 8.76. The lowest BCUT2D eigenvalue weighted by Gasteiger charge is -2.02. The number of ketones is 1. The molecule has 0 saturated carbocycles. The third-order valence-electron chi connectivity index (χ3n) is 1.71. The van der Waals surface area contributed by atoms with E-state index in [-0.39, 0.29) is 18.5 Å². The molecule has 5 heteroatoms. The van der Waals surface area contributed by atoms with E-state index >= 15 is 0 Å². The molecule has 0 spiro atoms. The monoisotopic (exact) mass is 201 g/mol. The quantitative estimate of drug-likeness (QED) is 0.722. The van der Waals surface area contributed by atoms with Crippen molar-refractivity contribution in [1.82, 2.24) is 0 Å². The molecular weight excluding hydrogens is 192 g/mol. The first-order valence-corrected chi connectivity index (χ1v) is 3.97. The second kappa shape index (κ2) is 4.15. The average molecular weight is 201 g/mol. The van der Waals surface area contributed by atoms with Crippen molar-refractivity contribution in [2.75, 3.05) is 6.54 Å². The molecular formula is C9H9F2NO2. The summed E-state index contributed by atoms with van der Waals surface area (Å²) in [6.07, 6.45) is 0.0175. The summed E-state index contributed by atoms with van der Waals surface area (Å²) in [5.41, 5.74) is 4.99. The SMILES string of the molecule is NCCC(=O)c1cc(F)c(O)c(F)c1. The first-order valence-electron chi connectivity index (χ1n) is 3.97. The second-order valence-corrected chi connectivity index (χ2v) is 2.75. The van der Waals surface area contributed by atoms with Crippen LogP contribution in [0.2, 0.25) is 0 Å². The maximum absolute atomic E-state index is 12.8. The van der Waals surface area contributed by atoms with Gasteiger partial charge in [-0.2, -0.15) is 0 Å². The molecule has 0 aliphatic heterocycles. The van der Waals surface area contributed by atoms with E-state index in [4.69, 9.17) is 10.8 Å². The third-order valence-corrected chi connectivity index (χ3v) is 1.71. The van der Waals surface area contributed by atoms with Crippen LogP contribution in [0.4, 0.5) is 8.78 Å². The topological polar surface area (TPSA) is 63.3 Å². The van der Waals surface area contributed by atoms with E-state index in [1.807, 2.05) is 0 Å². The lowest BCUT2D eigenvalue weighted by Crippen LogP contribution is -2.08. The molecule has 0 atom stereocenters. The van der Waals surface area contributed by atoms with Crippen molar-refractivity contribution < 1.29 is 18.7 Å². The number of benzene rings is 1. The number of halogens is 2. The molecule has 0 bridgehead atoms. The molecule has 0 unspecified atom stereocenters. The number of aromatic hydroxyl groups is 1. The lowest BCUT2D eigenvalue weighted by atomic mass is 10.1. The van der Waals surface area contributed by atoms with Crippen LogP contribution in [0.3, 0.4) is 0 Å². The molecule has 0 saturated heterocycles. The normalized spacial score (nSPS) is 10.2. The number of rotatable bonds is 3. The number of nitrogens with two attached hydrogens (primary N) is 1. The highest BCUT2D eigenvalue weighted by Crippen LogP contribution is 2.21. The fraction of sp³-hybridized carbons (Fsp3) is 0.222. The highest BCUT2D eigenvalue weighted by molar-refractivity contribution is 5.96. The van der Waals surface area contributed by atoms with E-state index in [1.165, 1.54) is 0 Å². The summed E-state index contributed by atoms with van der Waals surface area (Å²) in [4.78, 5) is 11.2. The number of phenolic OH excluding ortho intramolecular Hbond substituents is 1. The van der Waals surface area contributed by atoms with Gasteiger partial charge in [0.05, 0.1) is 0 Å². The van der Waals surface area contributed by atoms with Crippen LogP contribution in [0.5, 0.6) is 5.75 Å². The van der Waals surface area contributed by atoms with Gasteiger partial charge in [-0.1, -0.05) is 0 Å². The first kappa shape index (κ1) is 10.6. The minimum Gasteiger partial charge on any atom is -0.503 e. The zero-order chi connectivity index (χ0) is 10.7. The Morgan fingerprint density at radius 2 is 1.86 bits per heavy atom. The lowest BCUT2D eigenvalue weighted by molar-refractivity contribution is 0.0984. The standard InChI is InChI=1S/C9H9F2NO2/c10-6-3-5(8(13)1-2-12)4-7(11)9(6)14/h3-4,14H,1-2,12H2. The van der Waals surface area contributed by atoms with Gasteiger partial charge < -0.3 is 10.8 Å². The van der Waals surface area contributed by atoms with Crippen molar-refractivity contribution in [1.29, 1.82) is 0 Å². The predicted octanol–water partition coefficient (Wildman–Crippen LogP) is 1.20. The van der Waals surface area contributed by atoms with Gasteiger partial charge in [0.25, 0.3) is 0 Å². The number of hydrogen-bond acceptors (Lipinski definition) is 3. The van der Waals surface area contributed by atoms with Crippen molar-refractivity contribution in [3.63, 3.8) is 0 Å². The Labute approximate surface area is 79.2 Å². The molecule has 14 heavy (non-hydrogen) atoms. The van der Waals surface area contributed by atoms with E-state index in [2.05, 4.69) is 0 Å². The third kappa shape index (κ3) is 2.05. The summed E-state index contributed by atoms with van der Waals surface area (Å²) in [6.45, 7) is 0.114. The predicted molar refractivity (Wildman–Crippen MR) is 46.0 cm³/mol. The summed E-state index contributed by atoms with van der Waals surface area (Å²) < 4.78 is 25.5. The van der Waals surface area contributed by atoms with Crippen LogP contribution in [-0.2, 0) is 0 Å². The number of phenols is 1. The van der Waals surface area contributed by atoms with Gasteiger partial charge in [0, 0.05) is 12.0 Å². The molecule has 0 aliphatic rings. The van der Waals surface area contributed by atoms with Gasteiger partial charge in [-0.3, -0.25) is 4.79 Å². The molecule has 0 aromatic heterocycles. The van der Waals surface area contributed by atoms with Gasteiger partial charge in [0.15, 0.2) is 23.2 Å². The van der Waals surface area contributed by atoms with Gasteiger partial charge in [-0.15, -0.1) is 0 Å². The maximum atomic E-state index is 12.8. The van der Waals surface area contributed by atoms with E-state index < -0.39 is 23.2 Å². The Morgan fingerprint density at radius 1 is 1.36 bits per heavy atom. The minimum atomic E-state index is -1.15. The fourth-order valence-corrected chi connectivity index (χ4v) is 1.00. The molecule has 3 nitrogen and oxygen atoms in total. The molecule has 0 fully saturated rings. The second-order valence-electron chi connectivity index (χ2n) is 2.75. The molecule has 0 amide bonds. The number of carbonyl (C=O) groups excluding carboxylic acids is 1. The molecule has 76 valence electrons. The van der Waals surface area contributed by atoms with Gasteiger partial charge in [0.2, 0.25) is 0 Å². The summed E-state index contributed by atoms with van der Waals surface area (Å²) in [5.74, 6) is -3.82. The molecule has 1 rings (SSSR count). The smallest absolute Gasteiger partial charge is 0.187 e. The van der Waals surface area contributed by atoms with Crippen molar-refractivity contribution in [3.8, 4) is 5.75 Å². The van der Waals surface area contributed by atoms with Crippen molar-refractivity contribution in [3.05, 3.63) is 29.3 Å². The molecule has 1 aromatic rings. The maximum Gasteiger partial charge on any atom is 0.187 e. The Kier molecular flexibility index (Phi) is 3.14. The van der Waals surface area contributed by atoms with E-state index in [0.29, 0.717) is 0 Å². The summed E-state index contributed by atoms with van der Waals surface area (Å²) in [6, 6.07) is 1.58. The van der Waals surface area contributed by atoms with Crippen LogP contribution < -0.4 is 5.73 Å². The van der Waals surface area contributed by atoms with Crippen LogP contribution in [-0.4, -0.2) is 17.4 Å². The van der Waals surface area contributed by atoms with Crippen molar-refractivity contribution >= 4 is 5.78 Å². The van der Waals surface area contributed by atoms with Crippen molar-refractivity contribution in [2.24, 2.45) is 5.73 Å². The molecule has 0 aliphatic carbocycles. The van der Waals surface area contributed by atoms with Crippen LogP contribution in [0, 0.1) is 11.6 Å². The van der Waals surface area contributed by atoms with Crippen LogP contribution >= 0.6 is 0 Å². The van der Waals surface area contributed by atoms with Gasteiger partial charge >= 0.3 is 0 Å². The van der Waals surface area contributed by atoms with Crippen molar-refractivity contribution in [2.45, 2.75) is 6.42 Å². The van der Waals surface area contributed by atoms with Crippen LogP contribution in [0.25, 0.3) is 0 Å². The zero-order valence-corrected chi connectivity index (χ0v) is 7.26. The fourth-order valence-electron chi connectivity index (χ4n) is 1.00. The van der Waals surface area contributed by atoms with E-state index in [0.717, 1.165) is 12.1 Å². The summed E-state index contributed by atoms with van der Waals surface area (Å²) >= 11 is 0.